The molecule has 0 aliphatic heterocycles. The van der Waals surface area contributed by atoms with E-state index in [-0.39, 0.29) is 9.50 Å². The summed E-state index contributed by atoms with van der Waals surface area (Å²) >= 11 is 7.99. The van der Waals surface area contributed by atoms with Crippen LogP contribution in [0.2, 0.25) is 5.02 Å². The molecule has 0 atom stereocenters. The van der Waals surface area contributed by atoms with Gasteiger partial charge in [0.2, 0.25) is 5.95 Å². The van der Waals surface area contributed by atoms with Crippen molar-refractivity contribution in [3.05, 3.63) is 27.2 Å². The SMILES string of the molecule is Fc1ncc(Cl)c(C(F)F)c1Br. The minimum atomic E-state index is -2.82. The summed E-state index contributed by atoms with van der Waals surface area (Å²) < 4.78 is 36.5. The maximum atomic E-state index is 12.6. The van der Waals surface area contributed by atoms with E-state index in [2.05, 4.69) is 20.9 Å². The van der Waals surface area contributed by atoms with Gasteiger partial charge in [0.15, 0.2) is 0 Å². The summed E-state index contributed by atoms with van der Waals surface area (Å²) in [5.74, 6) is -0.991. The zero-order chi connectivity index (χ0) is 9.30. The summed E-state index contributed by atoms with van der Waals surface area (Å²) in [6.07, 6.45) is -1.97. The molecule has 0 fully saturated rings. The van der Waals surface area contributed by atoms with Crippen molar-refractivity contribution in [3.8, 4) is 0 Å². The lowest BCUT2D eigenvalue weighted by Gasteiger charge is -2.04. The molecule has 1 aromatic rings. The van der Waals surface area contributed by atoms with Crippen molar-refractivity contribution < 1.29 is 13.2 Å². The number of nitrogens with zero attached hydrogens (tertiary/aromatic N) is 1. The molecule has 1 aromatic heterocycles. The normalized spacial score (nSPS) is 10.8. The van der Waals surface area contributed by atoms with Gasteiger partial charge in [0.1, 0.15) is 0 Å². The molecular weight excluding hydrogens is 258 g/mol. The van der Waals surface area contributed by atoms with Gasteiger partial charge in [-0.05, 0) is 15.9 Å². The molecule has 0 N–H and O–H groups in total. The topological polar surface area (TPSA) is 12.9 Å². The lowest BCUT2D eigenvalue weighted by atomic mass is 10.3. The third-order valence-electron chi connectivity index (χ3n) is 1.18. The molecule has 0 bridgehead atoms. The summed E-state index contributed by atoms with van der Waals surface area (Å²) in [5, 5.41) is -0.252. The van der Waals surface area contributed by atoms with Crippen molar-refractivity contribution >= 4 is 27.5 Å². The highest BCUT2D eigenvalue weighted by molar-refractivity contribution is 9.10. The van der Waals surface area contributed by atoms with Crippen LogP contribution in [0.5, 0.6) is 0 Å². The molecule has 12 heavy (non-hydrogen) atoms. The van der Waals surface area contributed by atoms with Crippen LogP contribution >= 0.6 is 27.5 Å². The van der Waals surface area contributed by atoms with E-state index in [1.54, 1.807) is 0 Å². The smallest absolute Gasteiger partial charge is 0.226 e. The van der Waals surface area contributed by atoms with Gasteiger partial charge in [-0.25, -0.2) is 13.8 Å². The summed E-state index contributed by atoms with van der Waals surface area (Å²) in [7, 11) is 0. The Kier molecular flexibility index (Phi) is 2.95. The van der Waals surface area contributed by atoms with Gasteiger partial charge >= 0.3 is 0 Å². The standard InChI is InChI=1S/C6H2BrClF3N/c7-4-3(5(9)10)2(8)1-12-6(4)11/h1,5H. The van der Waals surface area contributed by atoms with Gasteiger partial charge in [0.05, 0.1) is 15.1 Å². The van der Waals surface area contributed by atoms with Crippen molar-refractivity contribution in [1.82, 2.24) is 4.98 Å². The molecule has 0 unspecified atom stereocenters. The quantitative estimate of drug-likeness (QED) is 0.703. The molecule has 0 spiro atoms. The second-order valence-electron chi connectivity index (χ2n) is 1.93. The molecule has 1 heterocycles. The van der Waals surface area contributed by atoms with Crippen molar-refractivity contribution in [2.45, 2.75) is 6.43 Å². The molecule has 6 heteroatoms. The Morgan fingerprint density at radius 3 is 2.50 bits per heavy atom. The molecular formula is C6H2BrClF3N. The third kappa shape index (κ3) is 1.72. The summed E-state index contributed by atoms with van der Waals surface area (Å²) in [6.45, 7) is 0. The maximum absolute atomic E-state index is 12.6. The first kappa shape index (κ1) is 9.80. The fourth-order valence-electron chi connectivity index (χ4n) is 0.656. The largest absolute Gasteiger partial charge is 0.266 e. The third-order valence-corrected chi connectivity index (χ3v) is 2.24. The monoisotopic (exact) mass is 259 g/mol. The first-order chi connectivity index (χ1) is 5.54. The molecule has 0 aliphatic rings. The van der Waals surface area contributed by atoms with Crippen LogP contribution in [0.4, 0.5) is 13.2 Å². The zero-order valence-corrected chi connectivity index (χ0v) is 7.83. The van der Waals surface area contributed by atoms with Gasteiger partial charge in [-0.2, -0.15) is 4.39 Å². The van der Waals surface area contributed by atoms with Gasteiger partial charge in [0.25, 0.3) is 6.43 Å². The Morgan fingerprint density at radius 2 is 2.08 bits per heavy atom. The molecule has 0 saturated carbocycles. The lowest BCUT2D eigenvalue weighted by Crippen LogP contribution is -1.94. The zero-order valence-electron chi connectivity index (χ0n) is 5.49. The maximum Gasteiger partial charge on any atom is 0.266 e. The lowest BCUT2D eigenvalue weighted by molar-refractivity contribution is 0.150. The van der Waals surface area contributed by atoms with E-state index in [0.29, 0.717) is 0 Å². The predicted octanol–water partition coefficient (Wildman–Crippen LogP) is 3.57. The van der Waals surface area contributed by atoms with E-state index in [0.717, 1.165) is 6.20 Å². The second-order valence-corrected chi connectivity index (χ2v) is 3.13. The van der Waals surface area contributed by atoms with E-state index in [1.807, 2.05) is 0 Å². The highest BCUT2D eigenvalue weighted by Gasteiger charge is 2.19. The van der Waals surface area contributed by atoms with E-state index in [1.165, 1.54) is 0 Å². The van der Waals surface area contributed by atoms with Crippen molar-refractivity contribution in [2.24, 2.45) is 0 Å². The Bertz CT molecular complexity index is 305. The van der Waals surface area contributed by atoms with Crippen molar-refractivity contribution in [3.63, 3.8) is 0 Å². The van der Waals surface area contributed by atoms with Gasteiger partial charge in [-0.3, -0.25) is 0 Å². The van der Waals surface area contributed by atoms with Crippen LogP contribution in [0, 0.1) is 5.95 Å². The molecule has 0 aliphatic carbocycles. The number of hydrogen-bond acceptors (Lipinski definition) is 1. The Balaban J connectivity index is 3.33. The fourth-order valence-corrected chi connectivity index (χ4v) is 1.48. The van der Waals surface area contributed by atoms with Gasteiger partial charge in [-0.15, -0.1) is 0 Å². The average molecular weight is 260 g/mol. The van der Waals surface area contributed by atoms with Crippen LogP contribution in [0.1, 0.15) is 12.0 Å². The number of hydrogen-bond donors (Lipinski definition) is 0. The van der Waals surface area contributed by atoms with Crippen molar-refractivity contribution in [1.29, 1.82) is 0 Å². The second kappa shape index (κ2) is 3.62. The van der Waals surface area contributed by atoms with E-state index in [9.17, 15) is 13.2 Å². The minimum absolute atomic E-state index is 0.252. The van der Waals surface area contributed by atoms with Crippen molar-refractivity contribution in [2.75, 3.05) is 0 Å². The predicted molar refractivity (Wildman–Crippen MR) is 41.9 cm³/mol. The molecule has 0 radical (unpaired) electrons. The number of halogens is 5. The van der Waals surface area contributed by atoms with E-state index < -0.39 is 17.9 Å². The molecule has 0 saturated heterocycles. The van der Waals surface area contributed by atoms with Gasteiger partial charge in [-0.1, -0.05) is 11.6 Å². The summed E-state index contributed by atoms with van der Waals surface area (Å²) in [6, 6.07) is 0. The fraction of sp³-hybridized carbons (Fsp3) is 0.167. The molecule has 0 amide bonds. The van der Waals surface area contributed by atoms with E-state index in [4.69, 9.17) is 11.6 Å². The molecule has 1 rings (SSSR count). The number of alkyl halides is 2. The van der Waals surface area contributed by atoms with Crippen LogP contribution in [0.15, 0.2) is 10.7 Å². The summed E-state index contributed by atoms with van der Waals surface area (Å²) in [4.78, 5) is 3.14. The molecule has 1 nitrogen and oxygen atoms in total. The Labute approximate surface area is 79.7 Å². The van der Waals surface area contributed by atoms with Crippen LogP contribution in [0.25, 0.3) is 0 Å². The first-order valence-corrected chi connectivity index (χ1v) is 3.98. The van der Waals surface area contributed by atoms with Gasteiger partial charge < -0.3 is 0 Å². The van der Waals surface area contributed by atoms with Crippen LogP contribution in [0.3, 0.4) is 0 Å². The average Bonchev–Trinajstić information content (AvgIpc) is 1.97. The number of aromatic nitrogens is 1. The molecule has 0 aromatic carbocycles. The summed E-state index contributed by atoms with van der Waals surface area (Å²) in [5.41, 5.74) is -0.566. The highest BCUT2D eigenvalue weighted by Crippen LogP contribution is 2.33. The Hall–Kier alpha value is -0.290. The minimum Gasteiger partial charge on any atom is -0.226 e. The van der Waals surface area contributed by atoms with Crippen LogP contribution in [-0.4, -0.2) is 4.98 Å². The number of rotatable bonds is 1. The van der Waals surface area contributed by atoms with Crippen LogP contribution in [-0.2, 0) is 0 Å². The Morgan fingerprint density at radius 1 is 1.50 bits per heavy atom. The van der Waals surface area contributed by atoms with Gasteiger partial charge in [0, 0.05) is 6.20 Å². The molecule has 66 valence electrons. The first-order valence-electron chi connectivity index (χ1n) is 2.81. The highest BCUT2D eigenvalue weighted by atomic mass is 79.9. The van der Waals surface area contributed by atoms with Crippen LogP contribution < -0.4 is 0 Å². The van der Waals surface area contributed by atoms with E-state index >= 15 is 0 Å². The number of pyridine rings is 1.